The lowest BCUT2D eigenvalue weighted by atomic mass is 9.96. The zero-order chi connectivity index (χ0) is 16.5. The number of nitrogens with zero attached hydrogens (tertiary/aromatic N) is 3. The molecule has 4 rings (SSSR count). The van der Waals surface area contributed by atoms with Crippen molar-refractivity contribution in [2.24, 2.45) is 0 Å². The molecule has 0 aliphatic heterocycles. The molecule has 2 aromatic heterocycles. The largest absolute Gasteiger partial charge is 0.396 e. The predicted octanol–water partition coefficient (Wildman–Crippen LogP) is 3.10. The molecule has 2 aromatic carbocycles. The average molecular weight is 316 g/mol. The van der Waals surface area contributed by atoms with E-state index in [2.05, 4.69) is 15.3 Å². The number of aromatic nitrogens is 3. The van der Waals surface area contributed by atoms with Gasteiger partial charge in [-0.25, -0.2) is 9.61 Å². The van der Waals surface area contributed by atoms with E-state index in [0.717, 1.165) is 5.56 Å². The molecule has 0 bridgehead atoms. The zero-order valence-corrected chi connectivity index (χ0v) is 12.5. The van der Waals surface area contributed by atoms with E-state index in [1.807, 2.05) is 36.4 Å². The van der Waals surface area contributed by atoms with Gasteiger partial charge in [0.15, 0.2) is 11.3 Å². The monoisotopic (exact) mass is 316 g/mol. The highest BCUT2D eigenvalue weighted by Gasteiger charge is 2.24. The fourth-order valence-corrected chi connectivity index (χ4v) is 2.60. The van der Waals surface area contributed by atoms with Crippen molar-refractivity contribution >= 4 is 22.6 Å². The van der Waals surface area contributed by atoms with Crippen molar-refractivity contribution in [2.75, 3.05) is 5.73 Å². The Kier molecular flexibility index (Phi) is 3.28. The lowest BCUT2D eigenvalue weighted by Gasteiger charge is -2.11. The summed E-state index contributed by atoms with van der Waals surface area (Å²) in [6, 6.07) is 18.3. The van der Waals surface area contributed by atoms with E-state index in [0.29, 0.717) is 16.8 Å². The summed E-state index contributed by atoms with van der Waals surface area (Å²) in [5, 5.41) is 7.51. The maximum Gasteiger partial charge on any atom is 0.226 e. The molecule has 0 spiro atoms. The highest BCUT2D eigenvalue weighted by Crippen LogP contribution is 2.32. The molecular formula is C18H12N4O2. The van der Waals surface area contributed by atoms with Crippen molar-refractivity contribution in [3.8, 4) is 11.3 Å². The second-order valence-electron chi connectivity index (χ2n) is 5.25. The van der Waals surface area contributed by atoms with Crippen LogP contribution in [-0.4, -0.2) is 21.1 Å². The number of carbonyl (C=O) groups is 1. The van der Waals surface area contributed by atoms with Crippen molar-refractivity contribution in [3.63, 3.8) is 0 Å². The summed E-state index contributed by atoms with van der Waals surface area (Å²) in [4.78, 5) is 17.5. The summed E-state index contributed by atoms with van der Waals surface area (Å²) in [6.07, 6.45) is 0. The van der Waals surface area contributed by atoms with E-state index in [4.69, 9.17) is 10.4 Å². The van der Waals surface area contributed by atoms with E-state index in [1.54, 1.807) is 24.3 Å². The molecule has 0 radical (unpaired) electrons. The van der Waals surface area contributed by atoms with Crippen LogP contribution < -0.4 is 5.73 Å². The molecule has 0 fully saturated rings. The van der Waals surface area contributed by atoms with Gasteiger partial charge in [-0.1, -0.05) is 60.7 Å². The fraction of sp³-hybridized carbons (Fsp3) is 0. The highest BCUT2D eigenvalue weighted by atomic mass is 16.6. The van der Waals surface area contributed by atoms with Crippen LogP contribution in [-0.2, 0) is 0 Å². The molecule has 4 aromatic rings. The summed E-state index contributed by atoms with van der Waals surface area (Å²) in [5.41, 5.74) is 9.06. The van der Waals surface area contributed by atoms with Crippen LogP contribution in [0.15, 0.2) is 65.3 Å². The quantitative estimate of drug-likeness (QED) is 0.584. The van der Waals surface area contributed by atoms with E-state index in [-0.39, 0.29) is 22.6 Å². The zero-order valence-electron chi connectivity index (χ0n) is 12.5. The van der Waals surface area contributed by atoms with E-state index in [9.17, 15) is 4.79 Å². The summed E-state index contributed by atoms with van der Waals surface area (Å²) < 4.78 is 4.72. The number of benzene rings is 2. The third-order valence-electron chi connectivity index (χ3n) is 3.76. The minimum absolute atomic E-state index is 0.217. The molecule has 0 atom stereocenters. The topological polar surface area (TPSA) is 94.9 Å². The Bertz CT molecular complexity index is 1030. The molecule has 0 unspecified atom stereocenters. The van der Waals surface area contributed by atoms with Crippen molar-refractivity contribution < 1.29 is 9.42 Å². The van der Waals surface area contributed by atoms with Gasteiger partial charge >= 0.3 is 0 Å². The first-order valence-corrected chi connectivity index (χ1v) is 7.32. The minimum Gasteiger partial charge on any atom is -0.396 e. The summed E-state index contributed by atoms with van der Waals surface area (Å²) in [5.74, 6) is -0.218. The van der Waals surface area contributed by atoms with Gasteiger partial charge in [-0.2, -0.15) is 0 Å². The molecule has 6 nitrogen and oxygen atoms in total. The standard InChI is InChI=1S/C18H12N4O2/c19-14-13(17(23)12-9-5-2-6-10-12)15(11-7-3-1-4-8-11)20-18-16(14)21-24-22-18/h1-10H,19H2. The Labute approximate surface area is 136 Å². The fourth-order valence-electron chi connectivity index (χ4n) is 2.60. The molecule has 0 amide bonds. The first-order valence-electron chi connectivity index (χ1n) is 7.32. The Hall–Kier alpha value is -3.54. The number of nitrogen functional groups attached to an aromatic ring is 1. The average Bonchev–Trinajstić information content (AvgIpc) is 3.11. The Morgan fingerprint density at radius 3 is 2.29 bits per heavy atom. The normalized spacial score (nSPS) is 10.8. The number of nitrogens with two attached hydrogens (primary N) is 1. The lowest BCUT2D eigenvalue weighted by Crippen LogP contribution is -2.10. The number of fused-ring (bicyclic) bond motifs is 1. The van der Waals surface area contributed by atoms with Gasteiger partial charge < -0.3 is 5.73 Å². The number of anilines is 1. The summed E-state index contributed by atoms with van der Waals surface area (Å²) >= 11 is 0. The van der Waals surface area contributed by atoms with Gasteiger partial charge in [-0.15, -0.1) is 0 Å². The van der Waals surface area contributed by atoms with Gasteiger partial charge in [-0.3, -0.25) is 4.79 Å². The molecule has 0 saturated carbocycles. The van der Waals surface area contributed by atoms with Crippen molar-refractivity contribution in [1.29, 1.82) is 0 Å². The molecule has 116 valence electrons. The van der Waals surface area contributed by atoms with Crippen LogP contribution in [0, 0.1) is 0 Å². The van der Waals surface area contributed by atoms with E-state index in [1.165, 1.54) is 0 Å². The van der Waals surface area contributed by atoms with Gasteiger partial charge in [0.25, 0.3) is 0 Å². The highest BCUT2D eigenvalue weighted by molar-refractivity contribution is 6.18. The van der Waals surface area contributed by atoms with Gasteiger partial charge in [0.05, 0.1) is 16.9 Å². The first kappa shape index (κ1) is 14.1. The van der Waals surface area contributed by atoms with Crippen LogP contribution in [0.1, 0.15) is 15.9 Å². The number of pyridine rings is 1. The molecular weight excluding hydrogens is 304 g/mol. The van der Waals surface area contributed by atoms with Crippen molar-refractivity contribution in [2.45, 2.75) is 0 Å². The third kappa shape index (κ3) is 2.21. The predicted molar refractivity (Wildman–Crippen MR) is 89.3 cm³/mol. The minimum atomic E-state index is -0.218. The van der Waals surface area contributed by atoms with Gasteiger partial charge in [-0.05, 0) is 10.3 Å². The van der Waals surface area contributed by atoms with Gasteiger partial charge in [0.2, 0.25) is 5.65 Å². The van der Waals surface area contributed by atoms with Crippen LogP contribution in [0.2, 0.25) is 0 Å². The number of ketones is 1. The number of rotatable bonds is 3. The molecule has 2 N–H and O–H groups in total. The summed E-state index contributed by atoms with van der Waals surface area (Å²) in [6.45, 7) is 0. The van der Waals surface area contributed by atoms with Gasteiger partial charge in [0.1, 0.15) is 0 Å². The molecule has 2 heterocycles. The SMILES string of the molecule is Nc1c(C(=O)c2ccccc2)c(-c2ccccc2)nc2nonc12. The van der Waals surface area contributed by atoms with Crippen LogP contribution in [0.3, 0.4) is 0 Å². The van der Waals surface area contributed by atoms with E-state index >= 15 is 0 Å². The first-order chi connectivity index (χ1) is 11.8. The molecule has 0 aliphatic carbocycles. The molecule has 6 heteroatoms. The number of carbonyl (C=O) groups excluding carboxylic acids is 1. The second-order valence-corrected chi connectivity index (χ2v) is 5.25. The Morgan fingerprint density at radius 1 is 0.917 bits per heavy atom. The van der Waals surface area contributed by atoms with Crippen LogP contribution in [0.5, 0.6) is 0 Å². The smallest absolute Gasteiger partial charge is 0.226 e. The lowest BCUT2D eigenvalue weighted by molar-refractivity contribution is 0.104. The summed E-state index contributed by atoms with van der Waals surface area (Å²) in [7, 11) is 0. The van der Waals surface area contributed by atoms with Crippen molar-refractivity contribution in [3.05, 3.63) is 71.8 Å². The Balaban J connectivity index is 2.02. The second kappa shape index (κ2) is 5.58. The van der Waals surface area contributed by atoms with Crippen LogP contribution >= 0.6 is 0 Å². The Morgan fingerprint density at radius 2 is 1.58 bits per heavy atom. The maximum atomic E-state index is 13.0. The molecule has 24 heavy (non-hydrogen) atoms. The number of hydrogen-bond donors (Lipinski definition) is 1. The van der Waals surface area contributed by atoms with Gasteiger partial charge in [0, 0.05) is 11.1 Å². The van der Waals surface area contributed by atoms with Crippen LogP contribution in [0.4, 0.5) is 5.69 Å². The molecule has 0 aliphatic rings. The van der Waals surface area contributed by atoms with Crippen LogP contribution in [0.25, 0.3) is 22.4 Å². The van der Waals surface area contributed by atoms with Crippen molar-refractivity contribution in [1.82, 2.24) is 15.3 Å². The maximum absolute atomic E-state index is 13.0. The molecule has 0 saturated heterocycles. The third-order valence-corrected chi connectivity index (χ3v) is 3.76. The number of hydrogen-bond acceptors (Lipinski definition) is 6. The van der Waals surface area contributed by atoms with E-state index < -0.39 is 0 Å².